The van der Waals surface area contributed by atoms with Crippen molar-refractivity contribution in [2.45, 2.75) is 12.5 Å². The summed E-state index contributed by atoms with van der Waals surface area (Å²) in [6.07, 6.45) is 1.05. The average molecular weight is 390 g/mol. The summed E-state index contributed by atoms with van der Waals surface area (Å²) in [6.45, 7) is 0. The molecule has 1 aromatic heterocycles. The van der Waals surface area contributed by atoms with Crippen molar-refractivity contribution in [2.75, 3.05) is 0 Å². The van der Waals surface area contributed by atoms with E-state index in [2.05, 4.69) is 4.98 Å². The van der Waals surface area contributed by atoms with Gasteiger partial charge in [0.15, 0.2) is 0 Å². The van der Waals surface area contributed by atoms with Crippen LogP contribution in [0.5, 0.6) is 0 Å². The van der Waals surface area contributed by atoms with E-state index in [1.165, 1.54) is 0 Å². The van der Waals surface area contributed by atoms with Crippen LogP contribution in [-0.4, -0.2) is 47.7 Å². The number of hydrogen-bond donors (Lipinski definition) is 2. The zero-order chi connectivity index (χ0) is 19.0. The summed E-state index contributed by atoms with van der Waals surface area (Å²) < 4.78 is 1.88. The van der Waals surface area contributed by atoms with Gasteiger partial charge >= 0.3 is 5.97 Å². The maximum atomic E-state index is 12.7. The zero-order valence-electron chi connectivity index (χ0n) is 13.6. The highest BCUT2D eigenvalue weighted by Gasteiger charge is 2.41. The van der Waals surface area contributed by atoms with Crippen LogP contribution in [-0.2, 0) is 21.4 Å². The lowest BCUT2D eigenvalue weighted by Gasteiger charge is -2.21. The number of amides is 2. The van der Waals surface area contributed by atoms with Gasteiger partial charge in [0.25, 0.3) is 5.91 Å². The quantitative estimate of drug-likeness (QED) is 0.580. The lowest BCUT2D eigenvalue weighted by atomic mass is 10.1. The summed E-state index contributed by atoms with van der Waals surface area (Å²) in [7, 11) is 1.81. The van der Waals surface area contributed by atoms with E-state index >= 15 is 0 Å². The molecule has 2 aromatic rings. The number of carboxylic acids is 1. The maximum absolute atomic E-state index is 12.7. The number of carbonyl (C=O) groups excluding carboxylic acids is 2. The van der Waals surface area contributed by atoms with Crippen LogP contribution in [0, 0.1) is 0 Å². The molecule has 1 unspecified atom stereocenters. The number of thioether (sulfide) groups is 1. The van der Waals surface area contributed by atoms with Crippen molar-refractivity contribution in [1.29, 1.82) is 0 Å². The van der Waals surface area contributed by atoms with Gasteiger partial charge in [0, 0.05) is 13.1 Å². The van der Waals surface area contributed by atoms with E-state index in [4.69, 9.17) is 18.0 Å². The number of aliphatic carboxylic acids is 1. The molecule has 2 heterocycles. The van der Waals surface area contributed by atoms with Gasteiger partial charge in [0.2, 0.25) is 5.91 Å². The first-order valence-electron chi connectivity index (χ1n) is 7.49. The Morgan fingerprint density at radius 1 is 1.42 bits per heavy atom. The molecular formula is C16H14N4O4S2. The molecule has 1 aromatic carbocycles. The smallest absolute Gasteiger partial charge is 0.327 e. The van der Waals surface area contributed by atoms with E-state index in [1.54, 1.807) is 6.08 Å². The molecule has 0 radical (unpaired) electrons. The molecule has 0 aliphatic carbocycles. The van der Waals surface area contributed by atoms with Crippen LogP contribution in [0.25, 0.3) is 17.1 Å². The Balaban J connectivity index is 1.97. The molecule has 1 aliphatic heterocycles. The molecule has 0 saturated carbocycles. The number of para-hydroxylation sites is 2. The van der Waals surface area contributed by atoms with Gasteiger partial charge in [-0.25, -0.2) is 9.78 Å². The van der Waals surface area contributed by atoms with E-state index in [-0.39, 0.29) is 9.23 Å². The Bertz CT molecular complexity index is 982. The molecule has 10 heteroatoms. The second-order valence-corrected chi connectivity index (χ2v) is 7.27. The Kier molecular flexibility index (Phi) is 4.79. The summed E-state index contributed by atoms with van der Waals surface area (Å²) in [4.78, 5) is 40.9. The molecule has 3 rings (SSSR count). The minimum Gasteiger partial charge on any atom is -0.480 e. The number of carbonyl (C=O) groups is 3. The van der Waals surface area contributed by atoms with E-state index in [9.17, 15) is 19.5 Å². The number of nitrogens with two attached hydrogens (primary N) is 1. The fraction of sp³-hybridized carbons (Fsp3) is 0.188. The Hall–Kier alpha value is -2.72. The molecule has 0 bridgehead atoms. The number of aromatic nitrogens is 2. The van der Waals surface area contributed by atoms with Gasteiger partial charge in [-0.1, -0.05) is 36.1 Å². The molecule has 8 nitrogen and oxygen atoms in total. The normalized spacial score (nSPS) is 17.3. The maximum Gasteiger partial charge on any atom is 0.327 e. The number of imidazole rings is 1. The highest BCUT2D eigenvalue weighted by Crippen LogP contribution is 2.34. The van der Waals surface area contributed by atoms with E-state index < -0.39 is 30.2 Å². The van der Waals surface area contributed by atoms with Crippen molar-refractivity contribution in [1.82, 2.24) is 14.5 Å². The number of carboxylic acid groups (broad SMARTS) is 1. The summed E-state index contributed by atoms with van der Waals surface area (Å²) >= 11 is 6.11. The number of fused-ring (bicyclic) bond motifs is 1. The van der Waals surface area contributed by atoms with E-state index in [1.807, 2.05) is 35.9 Å². The number of rotatable bonds is 5. The largest absolute Gasteiger partial charge is 0.480 e. The summed E-state index contributed by atoms with van der Waals surface area (Å²) in [6, 6.07) is 6.07. The number of benzene rings is 1. The van der Waals surface area contributed by atoms with Crippen LogP contribution in [0.4, 0.5) is 0 Å². The molecular weight excluding hydrogens is 376 g/mol. The Morgan fingerprint density at radius 2 is 2.12 bits per heavy atom. The highest BCUT2D eigenvalue weighted by atomic mass is 32.2. The van der Waals surface area contributed by atoms with Gasteiger partial charge in [-0.15, -0.1) is 0 Å². The van der Waals surface area contributed by atoms with Crippen LogP contribution < -0.4 is 5.73 Å². The molecule has 1 fully saturated rings. The molecule has 1 saturated heterocycles. The average Bonchev–Trinajstić information content (AvgIpc) is 3.03. The van der Waals surface area contributed by atoms with Crippen molar-refractivity contribution in [2.24, 2.45) is 12.8 Å². The number of aryl methyl sites for hydroxylation is 1. The summed E-state index contributed by atoms with van der Waals surface area (Å²) in [5.41, 5.74) is 6.76. The molecule has 134 valence electrons. The zero-order valence-corrected chi connectivity index (χ0v) is 15.2. The van der Waals surface area contributed by atoms with Crippen molar-refractivity contribution in [3.05, 3.63) is 35.0 Å². The predicted molar refractivity (Wildman–Crippen MR) is 101 cm³/mol. The fourth-order valence-corrected chi connectivity index (χ4v) is 3.96. The standard InChI is InChI=1S/C16H14N4O4S2/c1-19-9-5-3-2-4-8(9)18-13(19)7-11-14(22)20(16(25)26-11)10(15(23)24)6-12(17)21/h2-5,7,10H,6H2,1H3,(H2,17,21)(H,23,24)/b11-7+. The third kappa shape index (κ3) is 3.20. The van der Waals surface area contributed by atoms with Gasteiger partial charge in [0.1, 0.15) is 16.2 Å². The molecule has 0 spiro atoms. The number of hydrogen-bond acceptors (Lipinski definition) is 6. The fourth-order valence-electron chi connectivity index (χ4n) is 2.64. The second kappa shape index (κ2) is 6.89. The lowest BCUT2D eigenvalue weighted by Crippen LogP contribution is -2.46. The number of nitrogens with zero attached hydrogens (tertiary/aromatic N) is 3. The monoisotopic (exact) mass is 390 g/mol. The van der Waals surface area contributed by atoms with Crippen LogP contribution in [0.3, 0.4) is 0 Å². The van der Waals surface area contributed by atoms with Crippen molar-refractivity contribution < 1.29 is 19.5 Å². The van der Waals surface area contributed by atoms with E-state index in [0.717, 1.165) is 27.7 Å². The minimum absolute atomic E-state index is 0.0636. The van der Waals surface area contributed by atoms with E-state index in [0.29, 0.717) is 5.82 Å². The first-order valence-corrected chi connectivity index (χ1v) is 8.71. The third-order valence-electron chi connectivity index (χ3n) is 3.90. The molecule has 1 atom stereocenters. The Labute approximate surface area is 157 Å². The topological polar surface area (TPSA) is 119 Å². The van der Waals surface area contributed by atoms with Crippen molar-refractivity contribution in [3.8, 4) is 0 Å². The first kappa shape index (κ1) is 18.1. The Morgan fingerprint density at radius 3 is 2.73 bits per heavy atom. The van der Waals surface area contributed by atoms with Crippen LogP contribution >= 0.6 is 24.0 Å². The predicted octanol–water partition coefficient (Wildman–Crippen LogP) is 1.10. The van der Waals surface area contributed by atoms with Crippen molar-refractivity contribution in [3.63, 3.8) is 0 Å². The van der Waals surface area contributed by atoms with Crippen molar-refractivity contribution >= 4 is 63.2 Å². The summed E-state index contributed by atoms with van der Waals surface area (Å²) in [5, 5.41) is 9.33. The highest BCUT2D eigenvalue weighted by molar-refractivity contribution is 8.26. The first-order chi connectivity index (χ1) is 12.3. The molecule has 1 aliphatic rings. The second-order valence-electron chi connectivity index (χ2n) is 5.59. The molecule has 2 amide bonds. The SMILES string of the molecule is Cn1c(/C=C2/SC(=S)N(C(CC(N)=O)C(=O)O)C2=O)nc2ccccc21. The van der Waals surface area contributed by atoms with Crippen LogP contribution in [0.1, 0.15) is 12.2 Å². The van der Waals surface area contributed by atoms with Crippen LogP contribution in [0.2, 0.25) is 0 Å². The summed E-state index contributed by atoms with van der Waals surface area (Å²) in [5.74, 6) is -2.22. The van der Waals surface area contributed by atoms with Gasteiger partial charge in [-0.05, 0) is 12.1 Å². The van der Waals surface area contributed by atoms with Gasteiger partial charge < -0.3 is 15.4 Å². The van der Waals surface area contributed by atoms with Gasteiger partial charge in [0.05, 0.1) is 22.4 Å². The number of thiocarbonyl (C=S) groups is 1. The van der Waals surface area contributed by atoms with Gasteiger partial charge in [-0.2, -0.15) is 0 Å². The lowest BCUT2D eigenvalue weighted by molar-refractivity contribution is -0.146. The third-order valence-corrected chi connectivity index (χ3v) is 5.23. The number of primary amides is 1. The molecule has 26 heavy (non-hydrogen) atoms. The van der Waals surface area contributed by atoms with Gasteiger partial charge in [-0.3, -0.25) is 14.5 Å². The molecule has 3 N–H and O–H groups in total. The van der Waals surface area contributed by atoms with Crippen LogP contribution in [0.15, 0.2) is 29.2 Å². The minimum atomic E-state index is -1.42.